The second-order valence-electron chi connectivity index (χ2n) is 5.45. The fourth-order valence-corrected chi connectivity index (χ4v) is 2.80. The molecule has 19 heavy (non-hydrogen) atoms. The highest BCUT2D eigenvalue weighted by molar-refractivity contribution is 5.73. The van der Waals surface area contributed by atoms with Crippen LogP contribution in [-0.2, 0) is 11.2 Å². The van der Waals surface area contributed by atoms with Crippen LogP contribution in [0.2, 0.25) is 0 Å². The average Bonchev–Trinajstić information content (AvgIpc) is 3.08. The van der Waals surface area contributed by atoms with Crippen LogP contribution in [-0.4, -0.2) is 17.7 Å². The third kappa shape index (κ3) is 3.28. The van der Waals surface area contributed by atoms with Gasteiger partial charge in [-0.15, -0.1) is 0 Å². The summed E-state index contributed by atoms with van der Waals surface area (Å²) < 4.78 is 5.53. The van der Waals surface area contributed by atoms with E-state index < -0.39 is 5.97 Å². The predicted molar refractivity (Wildman–Crippen MR) is 74.6 cm³/mol. The number of hydrogen-bond donors (Lipinski definition) is 1. The fourth-order valence-electron chi connectivity index (χ4n) is 2.80. The second kappa shape index (κ2) is 5.64. The van der Waals surface area contributed by atoms with E-state index in [0.717, 1.165) is 25.0 Å². The van der Waals surface area contributed by atoms with Crippen LogP contribution < -0.4 is 4.74 Å². The van der Waals surface area contributed by atoms with Crippen molar-refractivity contribution in [2.45, 2.75) is 40.0 Å². The minimum atomic E-state index is -0.634. The number of carboxylic acids is 1. The third-order valence-corrected chi connectivity index (χ3v) is 3.99. The minimum Gasteiger partial charge on any atom is -0.494 e. The first-order valence-electron chi connectivity index (χ1n) is 6.98. The SMILES string of the molecule is CCOc1cc(C)c(CCC2CC2C(=O)O)c(C)c1. The molecule has 0 aromatic heterocycles. The van der Waals surface area contributed by atoms with Gasteiger partial charge in [-0.05, 0) is 74.8 Å². The highest BCUT2D eigenvalue weighted by Gasteiger charge is 2.42. The molecule has 0 amide bonds. The molecule has 1 aliphatic rings. The van der Waals surface area contributed by atoms with Crippen molar-refractivity contribution in [3.63, 3.8) is 0 Å². The number of aliphatic carboxylic acids is 1. The summed E-state index contributed by atoms with van der Waals surface area (Å²) >= 11 is 0. The molecule has 1 saturated carbocycles. The van der Waals surface area contributed by atoms with Crippen molar-refractivity contribution in [3.05, 3.63) is 28.8 Å². The Morgan fingerprint density at radius 3 is 2.47 bits per heavy atom. The van der Waals surface area contributed by atoms with Crippen LogP contribution in [0.15, 0.2) is 12.1 Å². The zero-order valence-corrected chi connectivity index (χ0v) is 11.9. The van der Waals surface area contributed by atoms with Crippen LogP contribution >= 0.6 is 0 Å². The summed E-state index contributed by atoms with van der Waals surface area (Å²) in [6, 6.07) is 4.15. The molecule has 2 unspecified atom stereocenters. The van der Waals surface area contributed by atoms with Crippen molar-refractivity contribution in [2.75, 3.05) is 6.61 Å². The van der Waals surface area contributed by atoms with Gasteiger partial charge in [0, 0.05) is 0 Å². The van der Waals surface area contributed by atoms with Crippen LogP contribution in [0.25, 0.3) is 0 Å². The van der Waals surface area contributed by atoms with Crippen LogP contribution in [0.3, 0.4) is 0 Å². The molecule has 0 spiro atoms. The van der Waals surface area contributed by atoms with Gasteiger partial charge in [-0.2, -0.15) is 0 Å². The standard InChI is InChI=1S/C16H22O3/c1-4-19-13-7-10(2)14(11(3)8-13)6-5-12-9-15(12)16(17)18/h7-8,12,15H,4-6,9H2,1-3H3,(H,17,18). The molecular formula is C16H22O3. The second-order valence-corrected chi connectivity index (χ2v) is 5.45. The summed E-state index contributed by atoms with van der Waals surface area (Å²) in [5, 5.41) is 8.91. The molecule has 2 atom stereocenters. The van der Waals surface area contributed by atoms with E-state index in [-0.39, 0.29) is 5.92 Å². The molecule has 3 heteroatoms. The lowest BCUT2D eigenvalue weighted by Crippen LogP contribution is -2.02. The Balaban J connectivity index is 1.99. The first-order valence-corrected chi connectivity index (χ1v) is 6.98. The Bertz CT molecular complexity index is 456. The summed E-state index contributed by atoms with van der Waals surface area (Å²) in [5.41, 5.74) is 3.84. The van der Waals surface area contributed by atoms with Crippen molar-refractivity contribution in [3.8, 4) is 5.75 Å². The van der Waals surface area contributed by atoms with Gasteiger partial charge in [0.2, 0.25) is 0 Å². The summed E-state index contributed by atoms with van der Waals surface area (Å²) in [6.07, 6.45) is 2.80. The Morgan fingerprint density at radius 2 is 2.00 bits per heavy atom. The van der Waals surface area contributed by atoms with Crippen LogP contribution in [0.4, 0.5) is 0 Å². The predicted octanol–water partition coefficient (Wildman–Crippen LogP) is 3.36. The minimum absolute atomic E-state index is 0.0942. The van der Waals surface area contributed by atoms with Gasteiger partial charge in [0.15, 0.2) is 0 Å². The van der Waals surface area contributed by atoms with E-state index in [1.165, 1.54) is 16.7 Å². The highest BCUT2D eigenvalue weighted by atomic mass is 16.5. The van der Waals surface area contributed by atoms with Crippen molar-refractivity contribution in [1.82, 2.24) is 0 Å². The van der Waals surface area contributed by atoms with Crippen molar-refractivity contribution in [1.29, 1.82) is 0 Å². The molecule has 2 rings (SSSR count). The van der Waals surface area contributed by atoms with E-state index in [2.05, 4.69) is 26.0 Å². The zero-order chi connectivity index (χ0) is 14.0. The van der Waals surface area contributed by atoms with E-state index in [1.54, 1.807) is 0 Å². The van der Waals surface area contributed by atoms with E-state index in [9.17, 15) is 4.79 Å². The number of ether oxygens (including phenoxy) is 1. The zero-order valence-electron chi connectivity index (χ0n) is 11.9. The molecule has 0 saturated heterocycles. The van der Waals surface area contributed by atoms with Crippen LogP contribution in [0.1, 0.15) is 36.5 Å². The molecule has 1 fully saturated rings. The van der Waals surface area contributed by atoms with Gasteiger partial charge < -0.3 is 9.84 Å². The largest absolute Gasteiger partial charge is 0.494 e. The molecular weight excluding hydrogens is 240 g/mol. The maximum Gasteiger partial charge on any atom is 0.306 e. The number of hydrogen-bond acceptors (Lipinski definition) is 2. The average molecular weight is 262 g/mol. The molecule has 1 aromatic rings. The van der Waals surface area contributed by atoms with Crippen LogP contribution in [0, 0.1) is 25.7 Å². The van der Waals surface area contributed by atoms with Gasteiger partial charge in [0.05, 0.1) is 12.5 Å². The van der Waals surface area contributed by atoms with Gasteiger partial charge in [-0.1, -0.05) is 0 Å². The lowest BCUT2D eigenvalue weighted by Gasteiger charge is -2.13. The van der Waals surface area contributed by atoms with E-state index in [0.29, 0.717) is 12.5 Å². The maximum atomic E-state index is 10.8. The van der Waals surface area contributed by atoms with Crippen LogP contribution in [0.5, 0.6) is 5.75 Å². The quantitative estimate of drug-likeness (QED) is 0.855. The molecule has 0 bridgehead atoms. The van der Waals surface area contributed by atoms with Gasteiger partial charge in [-0.3, -0.25) is 4.79 Å². The Kier molecular flexibility index (Phi) is 4.13. The normalized spacial score (nSPS) is 21.2. The van der Waals surface area contributed by atoms with Crippen molar-refractivity contribution >= 4 is 5.97 Å². The number of benzene rings is 1. The molecule has 104 valence electrons. The van der Waals surface area contributed by atoms with Gasteiger partial charge in [0.25, 0.3) is 0 Å². The highest BCUT2D eigenvalue weighted by Crippen LogP contribution is 2.42. The van der Waals surface area contributed by atoms with E-state index in [1.807, 2.05) is 6.92 Å². The summed E-state index contributed by atoms with van der Waals surface area (Å²) in [5.74, 6) is 0.576. The summed E-state index contributed by atoms with van der Waals surface area (Å²) in [4.78, 5) is 10.8. The first kappa shape index (κ1) is 13.9. The molecule has 1 N–H and O–H groups in total. The number of carboxylic acid groups (broad SMARTS) is 1. The third-order valence-electron chi connectivity index (χ3n) is 3.99. The Morgan fingerprint density at radius 1 is 1.37 bits per heavy atom. The van der Waals surface area contributed by atoms with Gasteiger partial charge >= 0.3 is 5.97 Å². The molecule has 1 aliphatic carbocycles. The molecule has 0 radical (unpaired) electrons. The smallest absolute Gasteiger partial charge is 0.306 e. The monoisotopic (exact) mass is 262 g/mol. The van der Waals surface area contributed by atoms with Crippen molar-refractivity contribution in [2.24, 2.45) is 11.8 Å². The molecule has 3 nitrogen and oxygen atoms in total. The number of carbonyl (C=O) groups is 1. The fraction of sp³-hybridized carbons (Fsp3) is 0.562. The maximum absolute atomic E-state index is 10.8. The van der Waals surface area contributed by atoms with Gasteiger partial charge in [0.1, 0.15) is 5.75 Å². The number of rotatable bonds is 6. The Hall–Kier alpha value is -1.51. The van der Waals surface area contributed by atoms with Gasteiger partial charge in [-0.25, -0.2) is 0 Å². The topological polar surface area (TPSA) is 46.5 Å². The lowest BCUT2D eigenvalue weighted by molar-refractivity contribution is -0.138. The summed E-state index contributed by atoms with van der Waals surface area (Å²) in [6.45, 7) is 6.87. The first-order chi connectivity index (χ1) is 9.02. The van der Waals surface area contributed by atoms with E-state index >= 15 is 0 Å². The molecule has 1 aromatic carbocycles. The summed E-state index contributed by atoms with van der Waals surface area (Å²) in [7, 11) is 0. The lowest BCUT2D eigenvalue weighted by atomic mass is 9.96. The molecule has 0 aliphatic heterocycles. The Labute approximate surface area is 114 Å². The molecule has 0 heterocycles. The number of aryl methyl sites for hydroxylation is 2. The van der Waals surface area contributed by atoms with E-state index in [4.69, 9.17) is 9.84 Å². The van der Waals surface area contributed by atoms with Crippen molar-refractivity contribution < 1.29 is 14.6 Å².